The third kappa shape index (κ3) is 2.62. The zero-order valence-electron chi connectivity index (χ0n) is 11.1. The number of nitrogens with zero attached hydrogens (tertiary/aromatic N) is 1. The van der Waals surface area contributed by atoms with Gasteiger partial charge in [-0.1, -0.05) is 24.3 Å². The lowest BCUT2D eigenvalue weighted by Gasteiger charge is -2.09. The number of rotatable bonds is 1. The lowest BCUT2D eigenvalue weighted by Crippen LogP contribution is -2.41. The summed E-state index contributed by atoms with van der Waals surface area (Å²) in [5.41, 5.74) is 5.86. The Labute approximate surface area is 135 Å². The molecule has 2 aromatic rings. The third-order valence-electron chi connectivity index (χ3n) is 3.04. The molecule has 0 atom stereocenters. The van der Waals surface area contributed by atoms with E-state index >= 15 is 0 Å². The summed E-state index contributed by atoms with van der Waals surface area (Å²) in [6, 6.07) is 13.3. The highest BCUT2D eigenvalue weighted by Crippen LogP contribution is 2.24. The first-order valence-corrected chi connectivity index (χ1v) is 8.47. The molecule has 0 unspecified atom stereocenters. The van der Waals surface area contributed by atoms with Gasteiger partial charge in [-0.3, -0.25) is 15.6 Å². The van der Waals surface area contributed by atoms with Gasteiger partial charge in [0, 0.05) is 10.0 Å². The highest BCUT2D eigenvalue weighted by molar-refractivity contribution is 9.10. The van der Waals surface area contributed by atoms with E-state index in [-0.39, 0.29) is 10.7 Å². The molecular formula is C14H10BrN3O3S. The Morgan fingerprint density at radius 2 is 1.73 bits per heavy atom. The molecule has 0 saturated carbocycles. The van der Waals surface area contributed by atoms with Gasteiger partial charge in [0.1, 0.15) is 4.90 Å². The van der Waals surface area contributed by atoms with E-state index in [4.69, 9.17) is 0 Å². The van der Waals surface area contributed by atoms with Gasteiger partial charge in [0.2, 0.25) is 0 Å². The van der Waals surface area contributed by atoms with E-state index in [0.29, 0.717) is 15.6 Å². The first-order chi connectivity index (χ1) is 10.5. The number of hydrazine groups is 1. The summed E-state index contributed by atoms with van der Waals surface area (Å²) in [5.74, 6) is -0.312. The summed E-state index contributed by atoms with van der Waals surface area (Å²) in [5, 5.41) is 0. The Hall–Kier alpha value is -2.19. The van der Waals surface area contributed by atoms with Crippen LogP contribution in [0.5, 0.6) is 0 Å². The van der Waals surface area contributed by atoms with Crippen LogP contribution in [-0.2, 0) is 10.0 Å². The van der Waals surface area contributed by atoms with Gasteiger partial charge in [0.15, 0.2) is 5.84 Å². The maximum atomic E-state index is 12.1. The molecular weight excluding hydrogens is 370 g/mol. The van der Waals surface area contributed by atoms with Crippen LogP contribution in [0.1, 0.15) is 15.9 Å². The van der Waals surface area contributed by atoms with Crippen molar-refractivity contribution in [2.75, 3.05) is 0 Å². The Kier molecular flexibility index (Phi) is 3.71. The van der Waals surface area contributed by atoms with Gasteiger partial charge in [-0.05, 0) is 40.2 Å². The van der Waals surface area contributed by atoms with E-state index in [2.05, 4.69) is 31.2 Å². The zero-order valence-corrected chi connectivity index (χ0v) is 13.5. The van der Waals surface area contributed by atoms with E-state index in [0.717, 1.165) is 0 Å². The van der Waals surface area contributed by atoms with Gasteiger partial charge in [0.25, 0.3) is 15.9 Å². The summed E-state index contributed by atoms with van der Waals surface area (Å²) in [6.45, 7) is 0. The average molecular weight is 380 g/mol. The van der Waals surface area contributed by atoms with Crippen LogP contribution in [-0.4, -0.2) is 20.2 Å². The van der Waals surface area contributed by atoms with Gasteiger partial charge in [-0.25, -0.2) is 0 Å². The number of sulfonamides is 1. The largest absolute Gasteiger partial charge is 0.285 e. The van der Waals surface area contributed by atoms with Crippen LogP contribution < -0.4 is 10.9 Å². The van der Waals surface area contributed by atoms with Crippen molar-refractivity contribution in [3.63, 3.8) is 0 Å². The van der Waals surface area contributed by atoms with Crippen molar-refractivity contribution in [1.29, 1.82) is 0 Å². The number of fused-ring (bicyclic) bond motifs is 1. The number of benzene rings is 2. The van der Waals surface area contributed by atoms with E-state index in [1.54, 1.807) is 42.5 Å². The topological polar surface area (TPSA) is 87.6 Å². The van der Waals surface area contributed by atoms with E-state index in [9.17, 15) is 13.2 Å². The molecule has 1 aliphatic rings. The maximum absolute atomic E-state index is 12.1. The highest BCUT2D eigenvalue weighted by Gasteiger charge is 2.28. The standard InChI is InChI=1S/C14H10BrN3O3S/c15-11-7-3-1-5-9(11)14(19)17-16-13-10-6-2-4-8-12(10)22(20,21)18-13/h1-8H,(H,16,18)(H,17,19). The molecule has 22 heavy (non-hydrogen) atoms. The normalized spacial score (nSPS) is 14.9. The fourth-order valence-corrected chi connectivity index (χ4v) is 3.67. The second-order valence-electron chi connectivity index (χ2n) is 4.47. The molecule has 0 radical (unpaired) electrons. The molecule has 0 spiro atoms. The number of hydrogen-bond donors (Lipinski definition) is 2. The van der Waals surface area contributed by atoms with E-state index in [1.807, 2.05) is 0 Å². The molecule has 0 fully saturated rings. The van der Waals surface area contributed by atoms with Crippen molar-refractivity contribution >= 4 is 37.7 Å². The SMILES string of the molecule is O=C(NNC1=NS(=O)(=O)c2ccccc21)c1ccccc1Br. The molecule has 112 valence electrons. The first-order valence-electron chi connectivity index (χ1n) is 6.24. The molecule has 2 N–H and O–H groups in total. The van der Waals surface area contributed by atoms with Crippen LogP contribution in [0, 0.1) is 0 Å². The van der Waals surface area contributed by atoms with Gasteiger partial charge in [0.05, 0.1) is 5.56 Å². The molecule has 1 amide bonds. The molecule has 1 aliphatic heterocycles. The summed E-state index contributed by atoms with van der Waals surface area (Å²) < 4.78 is 28.0. The van der Waals surface area contributed by atoms with Gasteiger partial charge in [-0.2, -0.15) is 8.42 Å². The number of amides is 1. The Balaban J connectivity index is 1.81. The first kappa shape index (κ1) is 14.7. The predicted molar refractivity (Wildman–Crippen MR) is 84.9 cm³/mol. The van der Waals surface area contributed by atoms with Crippen LogP contribution in [0.25, 0.3) is 0 Å². The Bertz CT molecular complexity index is 894. The van der Waals surface area contributed by atoms with Crippen molar-refractivity contribution in [3.8, 4) is 0 Å². The molecule has 0 aliphatic carbocycles. The second-order valence-corrected chi connectivity index (χ2v) is 6.90. The van der Waals surface area contributed by atoms with Crippen LogP contribution in [0.3, 0.4) is 0 Å². The lowest BCUT2D eigenvalue weighted by atomic mass is 10.2. The number of nitrogens with one attached hydrogen (secondary N) is 2. The number of carbonyl (C=O) groups excluding carboxylic acids is 1. The summed E-state index contributed by atoms with van der Waals surface area (Å²) in [7, 11) is -3.71. The molecule has 0 saturated heterocycles. The van der Waals surface area contributed by atoms with E-state index in [1.165, 1.54) is 6.07 Å². The molecule has 6 nitrogen and oxygen atoms in total. The molecule has 8 heteroatoms. The molecule has 3 rings (SSSR count). The molecule has 2 aromatic carbocycles. The fourth-order valence-electron chi connectivity index (χ4n) is 2.02. The van der Waals surface area contributed by atoms with E-state index < -0.39 is 15.9 Å². The minimum Gasteiger partial charge on any atom is -0.280 e. The van der Waals surface area contributed by atoms with Crippen LogP contribution in [0.4, 0.5) is 0 Å². The monoisotopic (exact) mass is 379 g/mol. The van der Waals surface area contributed by atoms with Crippen molar-refractivity contribution in [2.45, 2.75) is 4.90 Å². The molecule has 1 heterocycles. The quantitative estimate of drug-likeness (QED) is 0.739. The predicted octanol–water partition coefficient (Wildman–Crippen LogP) is 1.83. The van der Waals surface area contributed by atoms with Crippen LogP contribution >= 0.6 is 15.9 Å². The van der Waals surface area contributed by atoms with Gasteiger partial charge < -0.3 is 0 Å². The zero-order chi connectivity index (χ0) is 15.7. The van der Waals surface area contributed by atoms with Gasteiger partial charge in [-0.15, -0.1) is 4.40 Å². The minimum absolute atomic E-state index is 0.0935. The Morgan fingerprint density at radius 3 is 2.50 bits per heavy atom. The fraction of sp³-hybridized carbons (Fsp3) is 0. The van der Waals surface area contributed by atoms with Crippen molar-refractivity contribution in [1.82, 2.24) is 10.9 Å². The summed E-state index contributed by atoms with van der Waals surface area (Å²) >= 11 is 3.28. The summed E-state index contributed by atoms with van der Waals surface area (Å²) in [6.07, 6.45) is 0. The van der Waals surface area contributed by atoms with Gasteiger partial charge >= 0.3 is 0 Å². The smallest absolute Gasteiger partial charge is 0.280 e. The van der Waals surface area contributed by atoms with Crippen molar-refractivity contribution < 1.29 is 13.2 Å². The average Bonchev–Trinajstić information content (AvgIpc) is 2.77. The molecule has 0 aromatic heterocycles. The Morgan fingerprint density at radius 1 is 1.05 bits per heavy atom. The van der Waals surface area contributed by atoms with Crippen LogP contribution in [0.15, 0.2) is 62.3 Å². The number of hydrogen-bond acceptors (Lipinski definition) is 4. The number of amidine groups is 1. The van der Waals surface area contributed by atoms with Crippen molar-refractivity contribution in [3.05, 3.63) is 64.1 Å². The molecule has 0 bridgehead atoms. The number of halogens is 1. The maximum Gasteiger partial charge on any atom is 0.285 e. The highest BCUT2D eigenvalue weighted by atomic mass is 79.9. The minimum atomic E-state index is -3.71. The summed E-state index contributed by atoms with van der Waals surface area (Å²) in [4.78, 5) is 12.2. The third-order valence-corrected chi connectivity index (χ3v) is 5.07. The lowest BCUT2D eigenvalue weighted by molar-refractivity contribution is 0.0943. The van der Waals surface area contributed by atoms with Crippen LogP contribution in [0.2, 0.25) is 0 Å². The van der Waals surface area contributed by atoms with Crippen molar-refractivity contribution in [2.24, 2.45) is 4.40 Å². The second kappa shape index (κ2) is 5.54. The number of carbonyl (C=O) groups is 1.